The first-order valence-corrected chi connectivity index (χ1v) is 9.06. The van der Waals surface area contributed by atoms with Gasteiger partial charge in [0.05, 0.1) is 0 Å². The van der Waals surface area contributed by atoms with Gasteiger partial charge in [0.2, 0.25) is 0 Å². The lowest BCUT2D eigenvalue weighted by Gasteiger charge is -1.97. The molecule has 1 aromatic rings. The van der Waals surface area contributed by atoms with Crippen molar-refractivity contribution in [3.8, 4) is 0 Å². The number of unbranched alkanes of at least 4 members (excludes halogenated alkanes) is 2. The highest BCUT2D eigenvalue weighted by Crippen LogP contribution is 2.23. The van der Waals surface area contributed by atoms with Gasteiger partial charge in [-0.1, -0.05) is 84.2 Å². The quantitative estimate of drug-likeness (QED) is 0.442. The van der Waals surface area contributed by atoms with Crippen LogP contribution in [0, 0.1) is 6.92 Å². The second-order valence-corrected chi connectivity index (χ2v) is 6.71. The van der Waals surface area contributed by atoms with Crippen molar-refractivity contribution in [2.75, 3.05) is 11.5 Å². The molecule has 0 fully saturated rings. The highest BCUT2D eigenvalue weighted by Gasteiger charge is 1.88. The van der Waals surface area contributed by atoms with Crippen LogP contribution in [0.1, 0.15) is 45.1 Å². The first kappa shape index (κ1) is 16.9. The Bertz CT molecular complexity index is 226. The molecule has 2 heteroatoms. The van der Waals surface area contributed by atoms with E-state index in [2.05, 4.69) is 32.9 Å². The summed E-state index contributed by atoms with van der Waals surface area (Å²) in [6.07, 6.45) is 5.43. The summed E-state index contributed by atoms with van der Waals surface area (Å²) >= 11 is 0. The molecule has 0 N–H and O–H groups in total. The summed E-state index contributed by atoms with van der Waals surface area (Å²) in [5.74, 6) is 2.68. The maximum atomic E-state index is 2.25. The van der Waals surface area contributed by atoms with Crippen molar-refractivity contribution in [2.45, 2.75) is 46.5 Å². The Labute approximate surface area is 115 Å². The van der Waals surface area contributed by atoms with Crippen LogP contribution >= 0.6 is 21.6 Å². The van der Waals surface area contributed by atoms with Gasteiger partial charge in [0.1, 0.15) is 0 Å². The number of rotatable bonds is 7. The van der Waals surface area contributed by atoms with Gasteiger partial charge >= 0.3 is 0 Å². The summed E-state index contributed by atoms with van der Waals surface area (Å²) < 4.78 is 0. The van der Waals surface area contributed by atoms with E-state index in [-0.39, 0.29) is 0 Å². The maximum absolute atomic E-state index is 2.25. The van der Waals surface area contributed by atoms with E-state index in [9.17, 15) is 0 Å². The molecule has 17 heavy (non-hydrogen) atoms. The van der Waals surface area contributed by atoms with Crippen LogP contribution in [-0.4, -0.2) is 11.5 Å². The second-order valence-electron chi connectivity index (χ2n) is 4.01. The smallest absolute Gasteiger partial charge is 0.00368 e. The molecule has 0 saturated heterocycles. The van der Waals surface area contributed by atoms with E-state index in [1.807, 2.05) is 39.8 Å². The fourth-order valence-electron chi connectivity index (χ4n) is 1.06. The molecule has 0 saturated carbocycles. The predicted molar refractivity (Wildman–Crippen MR) is 85.9 cm³/mol. The summed E-state index contributed by atoms with van der Waals surface area (Å²) in [4.78, 5) is 0. The summed E-state index contributed by atoms with van der Waals surface area (Å²) in [7, 11) is 4.07. The van der Waals surface area contributed by atoms with E-state index in [1.165, 1.54) is 42.8 Å². The average Bonchev–Trinajstić information content (AvgIpc) is 2.35. The van der Waals surface area contributed by atoms with Crippen molar-refractivity contribution < 1.29 is 0 Å². The first-order valence-electron chi connectivity index (χ1n) is 6.57. The normalized spacial score (nSPS) is 9.59. The molecule has 0 radical (unpaired) electrons. The zero-order chi connectivity index (χ0) is 12.8. The molecule has 0 aromatic heterocycles. The Morgan fingerprint density at radius 1 is 0.824 bits per heavy atom. The van der Waals surface area contributed by atoms with Gasteiger partial charge in [0.15, 0.2) is 0 Å². The van der Waals surface area contributed by atoms with Gasteiger partial charge < -0.3 is 0 Å². The van der Waals surface area contributed by atoms with Crippen molar-refractivity contribution in [3.05, 3.63) is 35.9 Å². The zero-order valence-corrected chi connectivity index (χ0v) is 13.1. The van der Waals surface area contributed by atoms with Crippen molar-refractivity contribution >= 4 is 21.6 Å². The predicted octanol–water partition coefficient (Wildman–Crippen LogP) is 5.96. The van der Waals surface area contributed by atoms with E-state index in [0.717, 1.165) is 0 Å². The van der Waals surface area contributed by atoms with Crippen LogP contribution in [0.5, 0.6) is 0 Å². The van der Waals surface area contributed by atoms with E-state index < -0.39 is 0 Å². The van der Waals surface area contributed by atoms with Crippen LogP contribution in [0.25, 0.3) is 0 Å². The van der Waals surface area contributed by atoms with E-state index >= 15 is 0 Å². The molecule has 0 nitrogen and oxygen atoms in total. The summed E-state index contributed by atoms with van der Waals surface area (Å²) in [5.41, 5.74) is 1.32. The third-order valence-electron chi connectivity index (χ3n) is 2.19. The van der Waals surface area contributed by atoms with Gasteiger partial charge in [-0.2, -0.15) is 0 Å². The molecular formula is C15H26S2. The molecule has 98 valence electrons. The minimum atomic E-state index is 1.32. The SMILES string of the molecule is CCCCSSCCCC.Cc1ccccc1. The Morgan fingerprint density at radius 2 is 1.29 bits per heavy atom. The number of benzene rings is 1. The van der Waals surface area contributed by atoms with Crippen molar-refractivity contribution in [1.29, 1.82) is 0 Å². The molecule has 0 aliphatic rings. The highest BCUT2D eigenvalue weighted by atomic mass is 33.1. The number of hydrogen-bond acceptors (Lipinski definition) is 2. The summed E-state index contributed by atoms with van der Waals surface area (Å²) in [6.45, 7) is 6.58. The van der Waals surface area contributed by atoms with Crippen LogP contribution in [0.3, 0.4) is 0 Å². The van der Waals surface area contributed by atoms with Gasteiger partial charge in [0, 0.05) is 11.5 Å². The molecule has 0 bridgehead atoms. The van der Waals surface area contributed by atoms with E-state index in [4.69, 9.17) is 0 Å². The molecule has 0 unspecified atom stereocenters. The third kappa shape index (κ3) is 13.9. The average molecular weight is 271 g/mol. The Hall–Kier alpha value is -0.0800. The second kappa shape index (κ2) is 14.0. The van der Waals surface area contributed by atoms with Gasteiger partial charge in [-0.05, 0) is 19.8 Å². The number of hydrogen-bond donors (Lipinski definition) is 0. The summed E-state index contributed by atoms with van der Waals surface area (Å²) in [5, 5.41) is 0. The van der Waals surface area contributed by atoms with Crippen LogP contribution in [0.4, 0.5) is 0 Å². The van der Waals surface area contributed by atoms with Gasteiger partial charge in [0.25, 0.3) is 0 Å². The maximum Gasteiger partial charge on any atom is 0.00368 e. The van der Waals surface area contributed by atoms with Crippen LogP contribution < -0.4 is 0 Å². The van der Waals surface area contributed by atoms with Crippen molar-refractivity contribution in [2.24, 2.45) is 0 Å². The van der Waals surface area contributed by atoms with Gasteiger partial charge in [-0.3, -0.25) is 0 Å². The molecular weight excluding hydrogens is 244 g/mol. The first-order chi connectivity index (χ1) is 8.31. The van der Waals surface area contributed by atoms with Crippen molar-refractivity contribution in [1.82, 2.24) is 0 Å². The highest BCUT2D eigenvalue weighted by molar-refractivity contribution is 8.76. The Morgan fingerprint density at radius 3 is 1.59 bits per heavy atom. The zero-order valence-electron chi connectivity index (χ0n) is 11.4. The fraction of sp³-hybridized carbons (Fsp3) is 0.600. The molecule has 1 aromatic carbocycles. The Balaban J connectivity index is 0.000000318. The molecule has 0 aliphatic carbocycles. The lowest BCUT2D eigenvalue weighted by molar-refractivity contribution is 0.895. The van der Waals surface area contributed by atoms with E-state index in [1.54, 1.807) is 0 Å². The van der Waals surface area contributed by atoms with Gasteiger partial charge in [-0.15, -0.1) is 0 Å². The summed E-state index contributed by atoms with van der Waals surface area (Å²) in [6, 6.07) is 10.3. The molecule has 0 heterocycles. The largest absolute Gasteiger partial charge is 0.0942 e. The van der Waals surface area contributed by atoms with Crippen LogP contribution in [-0.2, 0) is 0 Å². The molecule has 0 atom stereocenters. The number of aryl methyl sites for hydroxylation is 1. The van der Waals surface area contributed by atoms with Gasteiger partial charge in [-0.25, -0.2) is 0 Å². The minimum absolute atomic E-state index is 1.32. The lowest BCUT2D eigenvalue weighted by Crippen LogP contribution is -1.76. The topological polar surface area (TPSA) is 0 Å². The molecule has 0 amide bonds. The standard InChI is InChI=1S/C8H18S2.C7H8/c1-3-5-7-9-10-8-6-4-2;1-7-5-3-2-4-6-7/h3-8H2,1-2H3;2-6H,1H3. The lowest BCUT2D eigenvalue weighted by atomic mass is 10.2. The third-order valence-corrected chi connectivity index (χ3v) is 4.76. The van der Waals surface area contributed by atoms with E-state index in [0.29, 0.717) is 0 Å². The molecule has 1 rings (SSSR count). The monoisotopic (exact) mass is 270 g/mol. The fourth-order valence-corrected chi connectivity index (χ4v) is 3.52. The van der Waals surface area contributed by atoms with Crippen LogP contribution in [0.15, 0.2) is 30.3 Å². The Kier molecular flexibility index (Phi) is 13.9. The van der Waals surface area contributed by atoms with Crippen molar-refractivity contribution in [3.63, 3.8) is 0 Å². The van der Waals surface area contributed by atoms with Crippen LogP contribution in [0.2, 0.25) is 0 Å². The molecule has 0 aliphatic heterocycles. The minimum Gasteiger partial charge on any atom is -0.0942 e. The molecule has 0 spiro atoms.